The highest BCUT2D eigenvalue weighted by molar-refractivity contribution is 7.12. The van der Waals surface area contributed by atoms with Crippen LogP contribution in [0.25, 0.3) is 0 Å². The predicted molar refractivity (Wildman–Crippen MR) is 111 cm³/mol. The van der Waals surface area contributed by atoms with Crippen LogP contribution in [0.15, 0.2) is 53.9 Å². The zero-order valence-electron chi connectivity index (χ0n) is 15.7. The van der Waals surface area contributed by atoms with Gasteiger partial charge in [-0.2, -0.15) is 5.10 Å². The molecule has 2 unspecified atom stereocenters. The second-order valence-electron chi connectivity index (χ2n) is 7.41. The molecule has 2 aliphatic rings. The largest absolute Gasteiger partial charge is 0.322 e. The molecular weight excluding hydrogens is 386 g/mol. The molecule has 0 bridgehead atoms. The van der Waals surface area contributed by atoms with Gasteiger partial charge >= 0.3 is 0 Å². The molecule has 5 rings (SSSR count). The van der Waals surface area contributed by atoms with E-state index in [4.69, 9.17) is 5.10 Å². The molecule has 2 amide bonds. The first kappa shape index (κ1) is 18.1. The van der Waals surface area contributed by atoms with Gasteiger partial charge in [-0.3, -0.25) is 14.9 Å². The van der Waals surface area contributed by atoms with Gasteiger partial charge in [0.1, 0.15) is 5.82 Å². The van der Waals surface area contributed by atoms with Gasteiger partial charge in [-0.1, -0.05) is 36.4 Å². The van der Waals surface area contributed by atoms with E-state index in [0.717, 1.165) is 24.1 Å². The lowest BCUT2D eigenvalue weighted by Gasteiger charge is -2.32. The summed E-state index contributed by atoms with van der Waals surface area (Å²) in [6, 6.07) is 15.3. The number of carbonyl (C=O) groups excluding carboxylic acids is 2. The maximum absolute atomic E-state index is 12.6. The highest BCUT2D eigenvalue weighted by atomic mass is 32.1. The van der Waals surface area contributed by atoms with Gasteiger partial charge in [-0.15, -0.1) is 11.3 Å². The number of thiophene rings is 1. The zero-order chi connectivity index (χ0) is 19.8. The Morgan fingerprint density at radius 2 is 2.00 bits per heavy atom. The number of anilines is 1. The van der Waals surface area contributed by atoms with E-state index in [1.54, 1.807) is 10.7 Å². The average molecular weight is 407 g/mol. The SMILES string of the molecule is O=C1CC(c2ccccc2)NC(n2nc(C3CC3)cc2NC(=O)c2cccs2)N1. The Morgan fingerprint density at radius 1 is 1.17 bits per heavy atom. The van der Waals surface area contributed by atoms with Crippen LogP contribution in [0.4, 0.5) is 5.82 Å². The lowest BCUT2D eigenvalue weighted by atomic mass is 10.0. The van der Waals surface area contributed by atoms with Crippen LogP contribution >= 0.6 is 11.3 Å². The molecule has 2 aromatic heterocycles. The summed E-state index contributed by atoms with van der Waals surface area (Å²) in [5.74, 6) is 0.779. The lowest BCUT2D eigenvalue weighted by Crippen LogP contribution is -2.50. The summed E-state index contributed by atoms with van der Waals surface area (Å²) >= 11 is 1.39. The van der Waals surface area contributed by atoms with Crippen molar-refractivity contribution < 1.29 is 9.59 Å². The molecule has 1 aliphatic carbocycles. The Hall–Kier alpha value is -2.97. The summed E-state index contributed by atoms with van der Waals surface area (Å²) in [5.41, 5.74) is 2.00. The van der Waals surface area contributed by atoms with Gasteiger partial charge in [0, 0.05) is 24.4 Å². The van der Waals surface area contributed by atoms with Gasteiger partial charge in [-0.05, 0) is 29.9 Å². The van der Waals surface area contributed by atoms with Gasteiger partial charge in [0.25, 0.3) is 5.91 Å². The van der Waals surface area contributed by atoms with Crippen LogP contribution in [0, 0.1) is 0 Å². The number of amides is 2. The van der Waals surface area contributed by atoms with Crippen LogP contribution in [0.2, 0.25) is 0 Å². The van der Waals surface area contributed by atoms with Crippen LogP contribution in [-0.2, 0) is 4.79 Å². The summed E-state index contributed by atoms with van der Waals surface area (Å²) < 4.78 is 1.69. The maximum atomic E-state index is 12.6. The van der Waals surface area contributed by atoms with Gasteiger partial charge in [-0.25, -0.2) is 4.68 Å². The average Bonchev–Trinajstić information content (AvgIpc) is 3.26. The van der Waals surface area contributed by atoms with Crippen molar-refractivity contribution in [3.05, 3.63) is 70.0 Å². The molecule has 1 saturated carbocycles. The van der Waals surface area contributed by atoms with E-state index in [2.05, 4.69) is 16.0 Å². The van der Waals surface area contributed by atoms with Crippen molar-refractivity contribution in [3.63, 3.8) is 0 Å². The summed E-state index contributed by atoms with van der Waals surface area (Å²) in [7, 11) is 0. The van der Waals surface area contributed by atoms with Crippen molar-refractivity contribution in [1.82, 2.24) is 20.4 Å². The molecule has 3 N–H and O–H groups in total. The van der Waals surface area contributed by atoms with E-state index in [1.165, 1.54) is 11.3 Å². The molecule has 1 saturated heterocycles. The molecule has 7 nitrogen and oxygen atoms in total. The van der Waals surface area contributed by atoms with Crippen molar-refractivity contribution in [2.45, 2.75) is 37.5 Å². The third-order valence-corrected chi connectivity index (χ3v) is 6.10. The van der Waals surface area contributed by atoms with Crippen molar-refractivity contribution in [2.75, 3.05) is 5.32 Å². The predicted octanol–water partition coefficient (Wildman–Crippen LogP) is 3.38. The molecule has 1 aromatic carbocycles. The quantitative estimate of drug-likeness (QED) is 0.605. The molecule has 2 atom stereocenters. The number of nitrogens with zero attached hydrogens (tertiary/aromatic N) is 2. The number of benzene rings is 1. The minimum Gasteiger partial charge on any atom is -0.322 e. The second-order valence-corrected chi connectivity index (χ2v) is 8.36. The molecule has 3 heterocycles. The van der Waals surface area contributed by atoms with E-state index in [9.17, 15) is 9.59 Å². The van der Waals surface area contributed by atoms with Crippen LogP contribution in [0.3, 0.4) is 0 Å². The Bertz CT molecular complexity index is 1030. The summed E-state index contributed by atoms with van der Waals surface area (Å²) in [4.78, 5) is 25.7. The number of hydrogen-bond acceptors (Lipinski definition) is 5. The number of aromatic nitrogens is 2. The summed E-state index contributed by atoms with van der Waals surface area (Å²) in [6.07, 6.45) is 2.03. The first-order valence-corrected chi connectivity index (χ1v) is 10.6. The lowest BCUT2D eigenvalue weighted by molar-refractivity contribution is -0.125. The maximum Gasteiger partial charge on any atom is 0.266 e. The number of hydrogen-bond donors (Lipinski definition) is 3. The third kappa shape index (κ3) is 3.81. The third-order valence-electron chi connectivity index (χ3n) is 5.23. The van der Waals surface area contributed by atoms with Crippen molar-refractivity contribution in [1.29, 1.82) is 0 Å². The Morgan fingerprint density at radius 3 is 2.72 bits per heavy atom. The number of nitrogens with one attached hydrogen (secondary N) is 3. The molecular formula is C21H21N5O2S. The molecule has 0 spiro atoms. The van der Waals surface area contributed by atoms with Crippen molar-refractivity contribution in [2.24, 2.45) is 0 Å². The van der Waals surface area contributed by atoms with Crippen molar-refractivity contribution in [3.8, 4) is 0 Å². The molecule has 3 aromatic rings. The standard InChI is InChI=1S/C21H21N5O2S/c27-19-12-15(13-5-2-1-3-6-13)22-21(24-19)26-18(11-16(25-26)14-8-9-14)23-20(28)17-7-4-10-29-17/h1-7,10-11,14-15,21-22H,8-9,12H2,(H,23,28)(H,24,27). The zero-order valence-corrected chi connectivity index (χ0v) is 16.5. The summed E-state index contributed by atoms with van der Waals surface area (Å²) in [5, 5.41) is 16.0. The minimum absolute atomic E-state index is 0.0541. The Labute approximate surface area is 172 Å². The van der Waals surface area contributed by atoms with Crippen LogP contribution < -0.4 is 16.0 Å². The van der Waals surface area contributed by atoms with Gasteiger partial charge in [0.15, 0.2) is 6.29 Å². The fourth-order valence-corrected chi connectivity index (χ4v) is 4.21. The highest BCUT2D eigenvalue weighted by Gasteiger charge is 2.33. The van der Waals surface area contributed by atoms with E-state index < -0.39 is 6.29 Å². The number of rotatable bonds is 5. The van der Waals surface area contributed by atoms with E-state index in [0.29, 0.717) is 23.0 Å². The topological polar surface area (TPSA) is 88.1 Å². The summed E-state index contributed by atoms with van der Waals surface area (Å²) in [6.45, 7) is 0. The van der Waals surface area contributed by atoms with E-state index in [1.807, 2.05) is 47.8 Å². The molecule has 2 fully saturated rings. The minimum atomic E-state index is -0.535. The molecule has 0 radical (unpaired) electrons. The van der Waals surface area contributed by atoms with Gasteiger partial charge in [0.05, 0.1) is 10.6 Å². The van der Waals surface area contributed by atoms with Crippen LogP contribution in [-0.4, -0.2) is 21.6 Å². The smallest absolute Gasteiger partial charge is 0.266 e. The molecule has 29 heavy (non-hydrogen) atoms. The van der Waals surface area contributed by atoms with Gasteiger partial charge in [0.2, 0.25) is 5.91 Å². The second kappa shape index (κ2) is 7.46. The van der Waals surface area contributed by atoms with Gasteiger partial charge < -0.3 is 10.6 Å². The van der Waals surface area contributed by atoms with Crippen LogP contribution in [0.1, 0.15) is 58.4 Å². The fourth-order valence-electron chi connectivity index (χ4n) is 3.59. The fraction of sp³-hybridized carbons (Fsp3) is 0.286. The Kier molecular flexibility index (Phi) is 4.65. The van der Waals surface area contributed by atoms with Crippen LogP contribution in [0.5, 0.6) is 0 Å². The number of carbonyl (C=O) groups is 2. The Balaban J connectivity index is 1.44. The monoisotopic (exact) mass is 407 g/mol. The van der Waals surface area contributed by atoms with Crippen molar-refractivity contribution >= 4 is 29.0 Å². The van der Waals surface area contributed by atoms with E-state index >= 15 is 0 Å². The normalized spacial score (nSPS) is 21.6. The van der Waals surface area contributed by atoms with E-state index in [-0.39, 0.29) is 17.9 Å². The molecule has 1 aliphatic heterocycles. The highest BCUT2D eigenvalue weighted by Crippen LogP contribution is 2.40. The molecule has 8 heteroatoms. The first-order chi connectivity index (χ1) is 14.2. The first-order valence-electron chi connectivity index (χ1n) is 9.72. The molecule has 148 valence electrons.